The van der Waals surface area contributed by atoms with Crippen LogP contribution in [0.25, 0.3) is 23.0 Å². The highest BCUT2D eigenvalue weighted by molar-refractivity contribution is 6.30. The molecular formula is C32H27ClFN9O4. The van der Waals surface area contributed by atoms with Gasteiger partial charge in [0.05, 0.1) is 30.1 Å². The van der Waals surface area contributed by atoms with Crippen LogP contribution in [-0.2, 0) is 22.5 Å². The molecule has 1 aliphatic heterocycles. The molecule has 47 heavy (non-hydrogen) atoms. The van der Waals surface area contributed by atoms with Gasteiger partial charge in [-0.25, -0.2) is 14.2 Å². The number of imidazole rings is 1. The van der Waals surface area contributed by atoms with E-state index in [1.807, 2.05) is 0 Å². The number of aromatic nitrogens is 6. The highest BCUT2D eigenvalue weighted by atomic mass is 35.5. The molecule has 0 aliphatic carbocycles. The van der Waals surface area contributed by atoms with Gasteiger partial charge in [-0.2, -0.15) is 4.68 Å². The lowest BCUT2D eigenvalue weighted by molar-refractivity contribution is -0.117. The predicted octanol–water partition coefficient (Wildman–Crippen LogP) is 4.72. The largest absolute Gasteiger partial charge is 0.453 e. The van der Waals surface area contributed by atoms with E-state index in [-0.39, 0.29) is 18.5 Å². The van der Waals surface area contributed by atoms with Crippen LogP contribution in [0, 0.1) is 5.82 Å². The number of H-pyrrole nitrogens is 1. The fourth-order valence-electron chi connectivity index (χ4n) is 5.25. The number of benzene rings is 3. The number of halogens is 2. The molecule has 0 spiro atoms. The standard InChI is InChI=1S/C32H27ClFN9O4/c1-42-16-20-14-22(37-32(46)47-2)6-7-23(20)27-15-35-30(39-27)26(12-18-3-8-25(34)24(11-18)31(42)45)38-29(44)10-4-19-13-21(33)5-9-28(19)43-17-36-40-41-43/h3-11,13-15,17,26H,12,16H2,1-2H3,(H,35,39)(H,37,46)(H,38,44)/b10-4+/t26-/m0/s1. The summed E-state index contributed by atoms with van der Waals surface area (Å²) in [5, 5.41) is 17.3. The normalized spacial score (nSPS) is 14.5. The number of anilines is 1. The Labute approximate surface area is 272 Å². The third-order valence-corrected chi connectivity index (χ3v) is 7.75. The second-order valence-corrected chi connectivity index (χ2v) is 11.1. The van der Waals surface area contributed by atoms with Gasteiger partial charge in [0.15, 0.2) is 0 Å². The Kier molecular flexibility index (Phi) is 8.75. The molecule has 3 heterocycles. The minimum absolute atomic E-state index is 0.0812. The van der Waals surface area contributed by atoms with E-state index in [1.165, 1.54) is 41.2 Å². The molecule has 0 unspecified atom stereocenters. The van der Waals surface area contributed by atoms with Crippen molar-refractivity contribution in [2.75, 3.05) is 19.5 Å². The third kappa shape index (κ3) is 6.87. The van der Waals surface area contributed by atoms with Crippen molar-refractivity contribution in [3.05, 3.63) is 112 Å². The molecule has 1 aliphatic rings. The SMILES string of the molecule is COC(=O)Nc1ccc2c(c1)CN(C)C(=O)c1cc(ccc1F)C[C@H](NC(=O)/C=C/c1cc(Cl)ccc1-n1cnnn1)c1nc-2c[nH]1. The zero-order valence-electron chi connectivity index (χ0n) is 25.1. The van der Waals surface area contributed by atoms with E-state index in [1.54, 1.807) is 61.8 Å². The van der Waals surface area contributed by atoms with Gasteiger partial charge in [-0.15, -0.1) is 5.10 Å². The van der Waals surface area contributed by atoms with Crippen molar-refractivity contribution in [1.29, 1.82) is 0 Å². The maximum Gasteiger partial charge on any atom is 0.411 e. The first kappa shape index (κ1) is 31.1. The van der Waals surface area contributed by atoms with Crippen LogP contribution in [0.15, 0.2) is 73.2 Å². The van der Waals surface area contributed by atoms with Crippen LogP contribution < -0.4 is 10.6 Å². The van der Waals surface area contributed by atoms with Gasteiger partial charge in [-0.3, -0.25) is 14.9 Å². The monoisotopic (exact) mass is 655 g/mol. The molecule has 3 N–H and O–H groups in total. The number of methoxy groups -OCH3 is 1. The summed E-state index contributed by atoms with van der Waals surface area (Å²) < 4.78 is 21.2. The number of nitrogens with one attached hydrogen (secondary N) is 3. The number of hydrogen-bond donors (Lipinski definition) is 3. The molecule has 0 saturated carbocycles. The molecule has 0 saturated heterocycles. The molecule has 2 aromatic heterocycles. The molecule has 13 nitrogen and oxygen atoms in total. The van der Waals surface area contributed by atoms with Crippen molar-refractivity contribution in [3.63, 3.8) is 0 Å². The lowest BCUT2D eigenvalue weighted by Crippen LogP contribution is -2.29. The molecule has 0 radical (unpaired) electrons. The average Bonchev–Trinajstić information content (AvgIpc) is 3.77. The number of carbonyl (C=O) groups is 3. The summed E-state index contributed by atoms with van der Waals surface area (Å²) in [5.41, 5.74) is 3.96. The van der Waals surface area contributed by atoms with Gasteiger partial charge in [-0.05, 0) is 76.5 Å². The van der Waals surface area contributed by atoms with Gasteiger partial charge >= 0.3 is 6.09 Å². The van der Waals surface area contributed by atoms with Crippen LogP contribution in [0.2, 0.25) is 5.02 Å². The van der Waals surface area contributed by atoms with E-state index in [0.29, 0.717) is 50.2 Å². The van der Waals surface area contributed by atoms with Crippen LogP contribution in [0.5, 0.6) is 0 Å². The summed E-state index contributed by atoms with van der Waals surface area (Å²) in [6.45, 7) is 0.0812. The number of fused-ring (bicyclic) bond motifs is 6. The zero-order chi connectivity index (χ0) is 33.1. The van der Waals surface area contributed by atoms with Gasteiger partial charge in [0, 0.05) is 47.7 Å². The highest BCUT2D eigenvalue weighted by Gasteiger charge is 2.24. The summed E-state index contributed by atoms with van der Waals surface area (Å²) in [6.07, 6.45) is 5.60. The second-order valence-electron chi connectivity index (χ2n) is 10.7. The first-order chi connectivity index (χ1) is 22.7. The van der Waals surface area contributed by atoms with E-state index < -0.39 is 29.8 Å². The van der Waals surface area contributed by atoms with E-state index in [2.05, 4.69) is 31.1 Å². The molecule has 0 fully saturated rings. The van der Waals surface area contributed by atoms with Crippen LogP contribution in [0.4, 0.5) is 14.9 Å². The average molecular weight is 656 g/mol. The molecule has 238 valence electrons. The van der Waals surface area contributed by atoms with Crippen molar-refractivity contribution < 1.29 is 23.5 Å². The van der Waals surface area contributed by atoms with Crippen molar-refractivity contribution >= 4 is 41.3 Å². The fraction of sp³-hybridized carbons (Fsp3) is 0.156. The number of amides is 3. The Morgan fingerprint density at radius 2 is 1.98 bits per heavy atom. The Hall–Kier alpha value is -5.89. The number of tetrazole rings is 1. The van der Waals surface area contributed by atoms with E-state index in [0.717, 1.165) is 0 Å². The van der Waals surface area contributed by atoms with Crippen LogP contribution in [0.1, 0.15) is 38.9 Å². The summed E-state index contributed by atoms with van der Waals surface area (Å²) in [4.78, 5) is 48.1. The second kappa shape index (κ2) is 13.2. The number of ether oxygens (including phenoxy) is 1. The lowest BCUT2D eigenvalue weighted by atomic mass is 10.0. The van der Waals surface area contributed by atoms with Crippen molar-refractivity contribution in [2.24, 2.45) is 0 Å². The molecule has 15 heteroatoms. The van der Waals surface area contributed by atoms with Crippen LogP contribution in [-0.4, -0.2) is 67.1 Å². The lowest BCUT2D eigenvalue weighted by Gasteiger charge is -2.20. The zero-order valence-corrected chi connectivity index (χ0v) is 25.8. The summed E-state index contributed by atoms with van der Waals surface area (Å²) >= 11 is 6.22. The number of hydrogen-bond acceptors (Lipinski definition) is 8. The van der Waals surface area contributed by atoms with Gasteiger partial charge in [0.1, 0.15) is 18.0 Å². The molecule has 3 aromatic carbocycles. The fourth-order valence-corrected chi connectivity index (χ4v) is 5.43. The maximum atomic E-state index is 15.0. The van der Waals surface area contributed by atoms with E-state index in [9.17, 15) is 14.4 Å². The van der Waals surface area contributed by atoms with Crippen molar-refractivity contribution in [1.82, 2.24) is 40.4 Å². The maximum absolute atomic E-state index is 15.0. The van der Waals surface area contributed by atoms with Gasteiger partial charge < -0.3 is 19.9 Å². The van der Waals surface area contributed by atoms with Crippen LogP contribution >= 0.6 is 11.6 Å². The molecule has 3 amide bonds. The topological polar surface area (TPSA) is 160 Å². The molecule has 5 aromatic rings. The van der Waals surface area contributed by atoms with E-state index >= 15 is 4.39 Å². The summed E-state index contributed by atoms with van der Waals surface area (Å²) in [6, 6.07) is 13.8. The Balaban J connectivity index is 1.37. The third-order valence-electron chi connectivity index (χ3n) is 7.51. The summed E-state index contributed by atoms with van der Waals surface area (Å²) in [7, 11) is 2.82. The number of carbonyl (C=O) groups excluding carboxylic acids is 3. The summed E-state index contributed by atoms with van der Waals surface area (Å²) in [5.74, 6) is -1.22. The minimum Gasteiger partial charge on any atom is -0.453 e. The Morgan fingerprint density at radius 3 is 2.77 bits per heavy atom. The Morgan fingerprint density at radius 1 is 1.13 bits per heavy atom. The predicted molar refractivity (Wildman–Crippen MR) is 170 cm³/mol. The number of nitrogens with zero attached hydrogens (tertiary/aromatic N) is 6. The highest BCUT2D eigenvalue weighted by Crippen LogP contribution is 2.30. The van der Waals surface area contributed by atoms with Gasteiger partial charge in [0.25, 0.3) is 5.91 Å². The van der Waals surface area contributed by atoms with Crippen molar-refractivity contribution in [2.45, 2.75) is 19.0 Å². The smallest absolute Gasteiger partial charge is 0.411 e. The number of aromatic amines is 1. The molecular weight excluding hydrogens is 629 g/mol. The number of rotatable bonds is 5. The quantitative estimate of drug-likeness (QED) is 0.229. The molecule has 4 bridgehead atoms. The first-order valence-corrected chi connectivity index (χ1v) is 14.6. The van der Waals surface area contributed by atoms with Crippen molar-refractivity contribution in [3.8, 4) is 16.9 Å². The van der Waals surface area contributed by atoms with E-state index in [4.69, 9.17) is 21.3 Å². The molecule has 6 rings (SSSR count). The first-order valence-electron chi connectivity index (χ1n) is 14.3. The minimum atomic E-state index is -0.699. The molecule has 1 atom stereocenters. The van der Waals surface area contributed by atoms with Gasteiger partial charge in [-0.1, -0.05) is 23.7 Å². The van der Waals surface area contributed by atoms with Crippen LogP contribution in [0.3, 0.4) is 0 Å². The van der Waals surface area contributed by atoms with Gasteiger partial charge in [0.2, 0.25) is 5.91 Å². The Bertz CT molecular complexity index is 2010.